The number of H-pyrrole nitrogens is 1. The van der Waals surface area contributed by atoms with E-state index in [0.717, 1.165) is 6.07 Å². The standard InChI is InChI=1S/C16H21F2N2O2P/c1-8(7-16(2,3)22)20(4)15(21)11-5-9-12(23)6-10(17)13(18)14(9)19-11/h5-6,8,19,22H,7,23H2,1-4H3. The summed E-state index contributed by atoms with van der Waals surface area (Å²) < 4.78 is 27.3. The summed E-state index contributed by atoms with van der Waals surface area (Å²) in [5, 5.41) is 10.8. The number of aliphatic hydroxyl groups is 1. The molecule has 0 aliphatic heterocycles. The van der Waals surface area contributed by atoms with Crippen molar-refractivity contribution in [1.29, 1.82) is 0 Å². The maximum absolute atomic E-state index is 13.9. The monoisotopic (exact) mass is 342 g/mol. The van der Waals surface area contributed by atoms with Gasteiger partial charge in [-0.05, 0) is 44.6 Å². The Balaban J connectivity index is 2.35. The Kier molecular flexibility index (Phi) is 4.79. The van der Waals surface area contributed by atoms with Crippen molar-refractivity contribution in [3.63, 3.8) is 0 Å². The third-order valence-electron chi connectivity index (χ3n) is 3.85. The molecule has 1 heterocycles. The van der Waals surface area contributed by atoms with Crippen LogP contribution in [0.15, 0.2) is 12.1 Å². The van der Waals surface area contributed by atoms with E-state index in [1.165, 1.54) is 11.0 Å². The smallest absolute Gasteiger partial charge is 0.270 e. The number of carbonyl (C=O) groups excluding carboxylic acids is 1. The number of benzene rings is 1. The first-order chi connectivity index (χ1) is 10.5. The molecule has 2 unspecified atom stereocenters. The summed E-state index contributed by atoms with van der Waals surface area (Å²) in [7, 11) is 3.94. The van der Waals surface area contributed by atoms with Crippen LogP contribution in [0.2, 0.25) is 0 Å². The molecular weight excluding hydrogens is 321 g/mol. The van der Waals surface area contributed by atoms with Crippen molar-refractivity contribution < 1.29 is 18.7 Å². The van der Waals surface area contributed by atoms with Crippen molar-refractivity contribution in [2.24, 2.45) is 0 Å². The van der Waals surface area contributed by atoms with E-state index in [4.69, 9.17) is 0 Å². The number of aromatic nitrogens is 1. The number of nitrogens with zero attached hydrogens (tertiary/aromatic N) is 1. The van der Waals surface area contributed by atoms with Gasteiger partial charge in [-0.2, -0.15) is 0 Å². The second-order valence-corrected chi connectivity index (χ2v) is 7.14. The first kappa shape index (κ1) is 17.8. The highest BCUT2D eigenvalue weighted by Crippen LogP contribution is 2.23. The molecule has 0 fully saturated rings. The largest absolute Gasteiger partial charge is 0.390 e. The maximum Gasteiger partial charge on any atom is 0.270 e. The van der Waals surface area contributed by atoms with Crippen molar-refractivity contribution in [1.82, 2.24) is 9.88 Å². The fraction of sp³-hybridized carbons (Fsp3) is 0.438. The zero-order valence-corrected chi connectivity index (χ0v) is 14.7. The van der Waals surface area contributed by atoms with E-state index in [1.54, 1.807) is 20.9 Å². The average Bonchev–Trinajstić information content (AvgIpc) is 2.87. The molecule has 2 atom stereocenters. The first-order valence-electron chi connectivity index (χ1n) is 7.27. The van der Waals surface area contributed by atoms with E-state index in [1.807, 2.05) is 6.92 Å². The van der Waals surface area contributed by atoms with E-state index in [0.29, 0.717) is 17.1 Å². The van der Waals surface area contributed by atoms with E-state index < -0.39 is 17.2 Å². The van der Waals surface area contributed by atoms with Crippen LogP contribution in [0.3, 0.4) is 0 Å². The molecule has 0 spiro atoms. The van der Waals surface area contributed by atoms with Crippen LogP contribution in [0, 0.1) is 11.6 Å². The van der Waals surface area contributed by atoms with Crippen LogP contribution in [-0.2, 0) is 0 Å². The summed E-state index contributed by atoms with van der Waals surface area (Å²) in [5.41, 5.74) is -0.753. The number of nitrogens with one attached hydrogen (secondary N) is 1. The van der Waals surface area contributed by atoms with Gasteiger partial charge in [0.25, 0.3) is 5.91 Å². The molecule has 0 aliphatic rings. The highest BCUT2D eigenvalue weighted by atomic mass is 31.0. The second kappa shape index (κ2) is 6.17. The van der Waals surface area contributed by atoms with Gasteiger partial charge in [0, 0.05) is 18.5 Å². The number of halogens is 2. The Morgan fingerprint density at radius 2 is 2.04 bits per heavy atom. The van der Waals surface area contributed by atoms with Crippen LogP contribution < -0.4 is 5.30 Å². The zero-order chi connectivity index (χ0) is 17.5. The molecular formula is C16H21F2N2O2P. The molecule has 1 aromatic heterocycles. The van der Waals surface area contributed by atoms with Gasteiger partial charge in [0.05, 0.1) is 11.1 Å². The van der Waals surface area contributed by atoms with Gasteiger partial charge in [-0.25, -0.2) is 8.78 Å². The minimum Gasteiger partial charge on any atom is -0.390 e. The molecule has 126 valence electrons. The third kappa shape index (κ3) is 3.70. The summed E-state index contributed by atoms with van der Waals surface area (Å²) in [6.45, 7) is 5.16. The van der Waals surface area contributed by atoms with Gasteiger partial charge in [-0.1, -0.05) is 0 Å². The van der Waals surface area contributed by atoms with Crippen LogP contribution >= 0.6 is 9.24 Å². The van der Waals surface area contributed by atoms with Gasteiger partial charge in [0.1, 0.15) is 5.69 Å². The Morgan fingerprint density at radius 3 is 2.61 bits per heavy atom. The molecule has 0 saturated carbocycles. The second-order valence-electron chi connectivity index (χ2n) is 6.51. The van der Waals surface area contributed by atoms with Gasteiger partial charge in [0.15, 0.2) is 11.6 Å². The van der Waals surface area contributed by atoms with E-state index in [2.05, 4.69) is 14.2 Å². The van der Waals surface area contributed by atoms with Crippen molar-refractivity contribution in [2.75, 3.05) is 7.05 Å². The Labute approximate surface area is 136 Å². The number of rotatable bonds is 4. The van der Waals surface area contributed by atoms with E-state index in [-0.39, 0.29) is 23.2 Å². The van der Waals surface area contributed by atoms with Crippen LogP contribution in [0.1, 0.15) is 37.7 Å². The molecule has 0 saturated heterocycles. The Hall–Kier alpha value is -1.52. The quantitative estimate of drug-likeness (QED) is 0.839. The number of carbonyl (C=O) groups is 1. The van der Waals surface area contributed by atoms with Gasteiger partial charge < -0.3 is 15.0 Å². The van der Waals surface area contributed by atoms with Crippen molar-refractivity contribution in [2.45, 2.75) is 38.8 Å². The molecule has 4 nitrogen and oxygen atoms in total. The Morgan fingerprint density at radius 1 is 1.43 bits per heavy atom. The number of hydrogen-bond donors (Lipinski definition) is 2. The predicted octanol–water partition coefficient (Wildman–Crippen LogP) is 2.57. The number of aromatic amines is 1. The predicted molar refractivity (Wildman–Crippen MR) is 90.0 cm³/mol. The summed E-state index contributed by atoms with van der Waals surface area (Å²) >= 11 is 0. The fourth-order valence-electron chi connectivity index (χ4n) is 2.62. The van der Waals surface area contributed by atoms with Crippen molar-refractivity contribution in [3.05, 3.63) is 29.5 Å². The van der Waals surface area contributed by atoms with Gasteiger partial charge >= 0.3 is 0 Å². The molecule has 0 bridgehead atoms. The van der Waals surface area contributed by atoms with E-state index >= 15 is 0 Å². The van der Waals surface area contributed by atoms with Crippen molar-refractivity contribution in [3.8, 4) is 0 Å². The zero-order valence-electron chi connectivity index (χ0n) is 13.6. The molecule has 0 aliphatic carbocycles. The average molecular weight is 342 g/mol. The van der Waals surface area contributed by atoms with Gasteiger partial charge in [0.2, 0.25) is 0 Å². The van der Waals surface area contributed by atoms with Crippen LogP contribution in [0.5, 0.6) is 0 Å². The molecule has 23 heavy (non-hydrogen) atoms. The molecule has 1 amide bonds. The normalized spacial score (nSPS) is 13.4. The SMILES string of the molecule is CC(CC(C)(C)O)N(C)C(=O)c1cc2c(P)cc(F)c(F)c2[nH]1. The lowest BCUT2D eigenvalue weighted by Gasteiger charge is -2.29. The lowest BCUT2D eigenvalue weighted by atomic mass is 9.99. The minimum absolute atomic E-state index is 0.0260. The highest BCUT2D eigenvalue weighted by molar-refractivity contribution is 7.28. The number of amides is 1. The molecule has 0 radical (unpaired) electrons. The lowest BCUT2D eigenvalue weighted by Crippen LogP contribution is -2.39. The molecule has 2 rings (SSSR count). The maximum atomic E-state index is 13.9. The fourth-order valence-corrected chi connectivity index (χ4v) is 2.99. The summed E-state index contributed by atoms with van der Waals surface area (Å²) in [6, 6.07) is 2.37. The van der Waals surface area contributed by atoms with Gasteiger partial charge in [-0.3, -0.25) is 4.79 Å². The minimum atomic E-state index is -1.00. The molecule has 1 aromatic carbocycles. The van der Waals surface area contributed by atoms with Crippen LogP contribution in [-0.4, -0.2) is 39.6 Å². The van der Waals surface area contributed by atoms with E-state index in [9.17, 15) is 18.7 Å². The number of hydrogen-bond acceptors (Lipinski definition) is 2. The molecule has 7 heteroatoms. The van der Waals surface area contributed by atoms with Gasteiger partial charge in [-0.15, -0.1) is 9.24 Å². The lowest BCUT2D eigenvalue weighted by molar-refractivity contribution is 0.0383. The number of fused-ring (bicyclic) bond motifs is 1. The summed E-state index contributed by atoms with van der Waals surface area (Å²) in [5.74, 6) is -2.31. The van der Waals surface area contributed by atoms with Crippen LogP contribution in [0.25, 0.3) is 10.9 Å². The van der Waals surface area contributed by atoms with Crippen molar-refractivity contribution >= 4 is 31.4 Å². The Bertz CT molecular complexity index is 753. The molecule has 2 aromatic rings. The summed E-state index contributed by atoms with van der Waals surface area (Å²) in [4.78, 5) is 16.7. The first-order valence-corrected chi connectivity index (χ1v) is 7.84. The molecule has 2 N–H and O–H groups in total. The summed E-state index contributed by atoms with van der Waals surface area (Å²) in [6.07, 6.45) is 0.396. The third-order valence-corrected chi connectivity index (χ3v) is 4.32. The van der Waals surface area contributed by atoms with Crippen LogP contribution in [0.4, 0.5) is 8.78 Å². The topological polar surface area (TPSA) is 56.3 Å². The highest BCUT2D eigenvalue weighted by Gasteiger charge is 2.25.